The first-order valence-electron chi connectivity index (χ1n) is 7.74. The molecule has 1 amide bonds. The SMILES string of the molecule is O=C(Cc1n[nH]c(=O)c2ccccc12)NCc1ccc(C(F)(F)F)cc1. The molecule has 0 unspecified atom stereocenters. The third-order valence-corrected chi connectivity index (χ3v) is 3.87. The van der Waals surface area contributed by atoms with Crippen molar-refractivity contribution in [3.8, 4) is 0 Å². The fraction of sp³-hybridized carbons (Fsp3) is 0.167. The molecule has 26 heavy (non-hydrogen) atoms. The summed E-state index contributed by atoms with van der Waals surface area (Å²) in [7, 11) is 0. The fourth-order valence-corrected chi connectivity index (χ4v) is 2.53. The number of aromatic nitrogens is 2. The Kier molecular flexibility index (Phi) is 4.75. The van der Waals surface area contributed by atoms with Gasteiger partial charge in [-0.1, -0.05) is 30.3 Å². The maximum atomic E-state index is 12.5. The first-order chi connectivity index (χ1) is 12.3. The van der Waals surface area contributed by atoms with E-state index in [9.17, 15) is 22.8 Å². The maximum absolute atomic E-state index is 12.5. The zero-order valence-electron chi connectivity index (χ0n) is 13.4. The van der Waals surface area contributed by atoms with E-state index in [4.69, 9.17) is 0 Å². The number of carbonyl (C=O) groups excluding carboxylic acids is 1. The molecule has 0 atom stereocenters. The number of nitrogens with one attached hydrogen (secondary N) is 2. The molecule has 134 valence electrons. The standard InChI is InChI=1S/C18H14F3N3O2/c19-18(20,21)12-7-5-11(6-8-12)10-22-16(25)9-15-13-3-1-2-4-14(13)17(26)24-23-15/h1-8H,9-10H2,(H,22,25)(H,24,26). The average molecular weight is 361 g/mol. The Hall–Kier alpha value is -3.16. The highest BCUT2D eigenvalue weighted by molar-refractivity contribution is 5.88. The van der Waals surface area contributed by atoms with Crippen LogP contribution in [0, 0.1) is 0 Å². The molecule has 0 saturated carbocycles. The van der Waals surface area contributed by atoms with Gasteiger partial charge in [-0.3, -0.25) is 9.59 Å². The first kappa shape index (κ1) is 17.7. The van der Waals surface area contributed by atoms with Gasteiger partial charge in [0, 0.05) is 11.9 Å². The molecule has 3 rings (SSSR count). The lowest BCUT2D eigenvalue weighted by Gasteiger charge is -2.09. The van der Waals surface area contributed by atoms with Crippen molar-refractivity contribution in [2.75, 3.05) is 0 Å². The minimum atomic E-state index is -4.39. The van der Waals surface area contributed by atoms with Crippen LogP contribution >= 0.6 is 0 Å². The van der Waals surface area contributed by atoms with Crippen LogP contribution < -0.4 is 10.9 Å². The van der Waals surface area contributed by atoms with Crippen molar-refractivity contribution >= 4 is 16.7 Å². The highest BCUT2D eigenvalue weighted by atomic mass is 19.4. The Morgan fingerprint density at radius 1 is 1.04 bits per heavy atom. The number of hydrogen-bond donors (Lipinski definition) is 2. The predicted octanol–water partition coefficient (Wildman–Crippen LogP) is 2.80. The van der Waals surface area contributed by atoms with Crippen LogP contribution in [0.1, 0.15) is 16.8 Å². The Morgan fingerprint density at radius 3 is 2.35 bits per heavy atom. The van der Waals surface area contributed by atoms with E-state index in [2.05, 4.69) is 15.5 Å². The Bertz CT molecular complexity index is 995. The number of amides is 1. The van der Waals surface area contributed by atoms with Gasteiger partial charge in [0.2, 0.25) is 5.91 Å². The van der Waals surface area contributed by atoms with E-state index in [1.165, 1.54) is 12.1 Å². The number of nitrogens with zero attached hydrogens (tertiary/aromatic N) is 1. The third-order valence-electron chi connectivity index (χ3n) is 3.87. The van der Waals surface area contributed by atoms with E-state index in [1.54, 1.807) is 24.3 Å². The van der Waals surface area contributed by atoms with Gasteiger partial charge >= 0.3 is 6.18 Å². The number of H-pyrrole nitrogens is 1. The molecule has 1 aromatic heterocycles. The highest BCUT2D eigenvalue weighted by Crippen LogP contribution is 2.29. The van der Waals surface area contributed by atoms with E-state index >= 15 is 0 Å². The van der Waals surface area contributed by atoms with E-state index in [0.29, 0.717) is 22.0 Å². The third kappa shape index (κ3) is 3.90. The number of halogens is 3. The Labute approximate surface area is 145 Å². The van der Waals surface area contributed by atoms with Crippen LogP contribution in [0.25, 0.3) is 10.8 Å². The topological polar surface area (TPSA) is 74.8 Å². The van der Waals surface area contributed by atoms with Crippen molar-refractivity contribution in [2.24, 2.45) is 0 Å². The zero-order valence-corrected chi connectivity index (χ0v) is 13.4. The van der Waals surface area contributed by atoms with Crippen LogP contribution in [0.5, 0.6) is 0 Å². The highest BCUT2D eigenvalue weighted by Gasteiger charge is 2.29. The van der Waals surface area contributed by atoms with Crippen LogP contribution in [0.3, 0.4) is 0 Å². The summed E-state index contributed by atoms with van der Waals surface area (Å²) in [6, 6.07) is 11.4. The number of alkyl halides is 3. The van der Waals surface area contributed by atoms with Crippen molar-refractivity contribution in [3.05, 3.63) is 75.7 Å². The number of carbonyl (C=O) groups is 1. The normalized spacial score (nSPS) is 11.5. The van der Waals surface area contributed by atoms with E-state index < -0.39 is 11.7 Å². The molecule has 0 spiro atoms. The molecule has 0 aliphatic carbocycles. The summed E-state index contributed by atoms with van der Waals surface area (Å²) < 4.78 is 37.6. The largest absolute Gasteiger partial charge is 0.416 e. The molecule has 2 N–H and O–H groups in total. The first-order valence-corrected chi connectivity index (χ1v) is 7.74. The Balaban J connectivity index is 1.67. The van der Waals surface area contributed by atoms with Crippen molar-refractivity contribution in [1.82, 2.24) is 15.5 Å². The predicted molar refractivity (Wildman–Crippen MR) is 89.4 cm³/mol. The van der Waals surface area contributed by atoms with Crippen molar-refractivity contribution in [3.63, 3.8) is 0 Å². The smallest absolute Gasteiger partial charge is 0.352 e. The van der Waals surface area contributed by atoms with Gasteiger partial charge in [-0.15, -0.1) is 0 Å². The van der Waals surface area contributed by atoms with E-state index in [1.807, 2.05) is 0 Å². The lowest BCUT2D eigenvalue weighted by Crippen LogP contribution is -2.26. The van der Waals surface area contributed by atoms with Gasteiger partial charge in [0.15, 0.2) is 0 Å². The minimum Gasteiger partial charge on any atom is -0.352 e. The number of benzene rings is 2. The van der Waals surface area contributed by atoms with Crippen LogP contribution in [-0.2, 0) is 23.9 Å². The summed E-state index contributed by atoms with van der Waals surface area (Å²) in [5.41, 5.74) is -0.109. The number of fused-ring (bicyclic) bond motifs is 1. The number of rotatable bonds is 4. The van der Waals surface area contributed by atoms with Gasteiger partial charge in [-0.25, -0.2) is 5.10 Å². The molecule has 1 heterocycles. The molecule has 5 nitrogen and oxygen atoms in total. The lowest BCUT2D eigenvalue weighted by atomic mass is 10.1. The fourth-order valence-electron chi connectivity index (χ4n) is 2.53. The molecule has 0 saturated heterocycles. The molecular weight excluding hydrogens is 347 g/mol. The second-order valence-corrected chi connectivity index (χ2v) is 5.69. The van der Waals surface area contributed by atoms with Gasteiger partial charge in [0.1, 0.15) is 0 Å². The summed E-state index contributed by atoms with van der Waals surface area (Å²) in [5, 5.41) is 9.92. The monoisotopic (exact) mass is 361 g/mol. The number of aromatic amines is 1. The molecule has 0 bridgehead atoms. The molecular formula is C18H14F3N3O2. The van der Waals surface area contributed by atoms with Gasteiger partial charge in [-0.05, 0) is 23.8 Å². The quantitative estimate of drug-likeness (QED) is 0.750. The number of hydrogen-bond acceptors (Lipinski definition) is 3. The van der Waals surface area contributed by atoms with Crippen molar-refractivity contribution < 1.29 is 18.0 Å². The van der Waals surface area contributed by atoms with E-state index in [0.717, 1.165) is 12.1 Å². The maximum Gasteiger partial charge on any atom is 0.416 e. The molecule has 2 aromatic carbocycles. The van der Waals surface area contributed by atoms with Gasteiger partial charge in [-0.2, -0.15) is 18.3 Å². The summed E-state index contributed by atoms with van der Waals surface area (Å²) in [6.45, 7) is 0.0955. The van der Waals surface area contributed by atoms with E-state index in [-0.39, 0.29) is 24.4 Å². The molecule has 8 heteroatoms. The van der Waals surface area contributed by atoms with Crippen molar-refractivity contribution in [1.29, 1.82) is 0 Å². The Morgan fingerprint density at radius 2 is 1.69 bits per heavy atom. The second-order valence-electron chi connectivity index (χ2n) is 5.69. The molecule has 0 aliphatic rings. The summed E-state index contributed by atoms with van der Waals surface area (Å²) >= 11 is 0. The minimum absolute atomic E-state index is 0.0576. The van der Waals surface area contributed by atoms with Gasteiger partial charge in [0.05, 0.1) is 23.1 Å². The van der Waals surface area contributed by atoms with Gasteiger partial charge in [0.25, 0.3) is 5.56 Å². The summed E-state index contributed by atoms with van der Waals surface area (Å²) in [6.07, 6.45) is -4.45. The van der Waals surface area contributed by atoms with Crippen LogP contribution in [-0.4, -0.2) is 16.1 Å². The summed E-state index contributed by atoms with van der Waals surface area (Å²) in [4.78, 5) is 23.8. The molecule has 3 aromatic rings. The zero-order chi connectivity index (χ0) is 18.7. The lowest BCUT2D eigenvalue weighted by molar-refractivity contribution is -0.137. The molecule has 0 aliphatic heterocycles. The average Bonchev–Trinajstić information content (AvgIpc) is 2.62. The van der Waals surface area contributed by atoms with Crippen LogP contribution in [0.15, 0.2) is 53.3 Å². The van der Waals surface area contributed by atoms with Crippen molar-refractivity contribution in [2.45, 2.75) is 19.1 Å². The summed E-state index contributed by atoms with van der Waals surface area (Å²) in [5.74, 6) is -0.352. The molecule has 0 radical (unpaired) electrons. The van der Waals surface area contributed by atoms with Crippen LogP contribution in [0.2, 0.25) is 0 Å². The molecule has 0 fully saturated rings. The van der Waals surface area contributed by atoms with Crippen LogP contribution in [0.4, 0.5) is 13.2 Å². The van der Waals surface area contributed by atoms with Gasteiger partial charge < -0.3 is 5.32 Å². The second kappa shape index (κ2) is 6.99.